The van der Waals surface area contributed by atoms with Crippen LogP contribution in [0.5, 0.6) is 0 Å². The maximum atomic E-state index is 12.0. The zero-order valence-electron chi connectivity index (χ0n) is 11.8. The molecule has 0 aliphatic rings. The monoisotopic (exact) mass is 284 g/mol. The van der Waals surface area contributed by atoms with Crippen molar-refractivity contribution in [2.75, 3.05) is 0 Å². The highest BCUT2D eigenvalue weighted by Crippen LogP contribution is 2.16. The molecule has 1 rings (SSSR count). The lowest BCUT2D eigenvalue weighted by Gasteiger charge is -2.12. The normalized spacial score (nSPS) is 13.4. The summed E-state index contributed by atoms with van der Waals surface area (Å²) in [6.07, 6.45) is 6.38. The Morgan fingerprint density at radius 2 is 1.68 bits per heavy atom. The van der Waals surface area contributed by atoms with E-state index in [-0.39, 0.29) is 11.0 Å². The lowest BCUT2D eigenvalue weighted by atomic mass is 10.1. The van der Waals surface area contributed by atoms with Gasteiger partial charge in [-0.1, -0.05) is 57.2 Å². The molecule has 0 saturated heterocycles. The molecule has 3 nitrogen and oxygen atoms in total. The zero-order valence-corrected chi connectivity index (χ0v) is 12.7. The van der Waals surface area contributed by atoms with Gasteiger partial charge in [0.25, 0.3) is 10.1 Å². The lowest BCUT2D eigenvalue weighted by Crippen LogP contribution is -2.15. The summed E-state index contributed by atoms with van der Waals surface area (Å²) >= 11 is 0. The molecule has 1 atom stereocenters. The molecule has 1 unspecified atom stereocenters. The number of hydrogen-bond donors (Lipinski definition) is 0. The third kappa shape index (κ3) is 6.21. The smallest absolute Gasteiger partial charge is 0.263 e. The van der Waals surface area contributed by atoms with E-state index in [2.05, 4.69) is 6.92 Å². The number of benzene rings is 1. The summed E-state index contributed by atoms with van der Waals surface area (Å²) in [5.41, 5.74) is 0. The highest BCUT2D eigenvalue weighted by atomic mass is 32.2. The van der Waals surface area contributed by atoms with E-state index in [1.807, 2.05) is 6.92 Å². The van der Waals surface area contributed by atoms with Crippen LogP contribution in [0.15, 0.2) is 35.2 Å². The molecule has 0 fully saturated rings. The van der Waals surface area contributed by atoms with Gasteiger partial charge in [0, 0.05) is 0 Å². The van der Waals surface area contributed by atoms with Crippen molar-refractivity contribution >= 4 is 10.1 Å². The minimum Gasteiger partial charge on any atom is -0.263 e. The Morgan fingerprint density at radius 3 is 2.32 bits per heavy atom. The second-order valence-electron chi connectivity index (χ2n) is 4.88. The van der Waals surface area contributed by atoms with Gasteiger partial charge in [0.2, 0.25) is 0 Å². The number of rotatable bonds is 9. The van der Waals surface area contributed by atoms with Crippen molar-refractivity contribution in [3.63, 3.8) is 0 Å². The van der Waals surface area contributed by atoms with Gasteiger partial charge in [-0.3, -0.25) is 4.18 Å². The first kappa shape index (κ1) is 16.2. The first-order valence-corrected chi connectivity index (χ1v) is 8.45. The molecule has 1 aromatic rings. The maximum absolute atomic E-state index is 12.0. The van der Waals surface area contributed by atoms with Crippen molar-refractivity contribution in [1.29, 1.82) is 0 Å². The van der Waals surface area contributed by atoms with Crippen LogP contribution in [0, 0.1) is 0 Å². The number of hydrogen-bond acceptors (Lipinski definition) is 3. The molecule has 4 heteroatoms. The molecule has 0 spiro atoms. The molecule has 0 aromatic heterocycles. The SMILES string of the molecule is CCCCCCCC(C)OS(=O)(=O)c1ccccc1. The van der Waals surface area contributed by atoms with E-state index in [1.165, 1.54) is 19.3 Å². The molecule has 0 bridgehead atoms. The third-order valence-electron chi connectivity index (χ3n) is 3.04. The van der Waals surface area contributed by atoms with E-state index in [0.29, 0.717) is 0 Å². The first-order chi connectivity index (χ1) is 9.06. The molecule has 0 aliphatic heterocycles. The quantitative estimate of drug-likeness (QED) is 0.505. The molecule has 0 aliphatic carbocycles. The van der Waals surface area contributed by atoms with E-state index in [4.69, 9.17) is 4.18 Å². The van der Waals surface area contributed by atoms with Crippen LogP contribution in [0.1, 0.15) is 52.4 Å². The first-order valence-electron chi connectivity index (χ1n) is 7.04. The van der Waals surface area contributed by atoms with Crippen LogP contribution < -0.4 is 0 Å². The van der Waals surface area contributed by atoms with Crippen LogP contribution in [0.4, 0.5) is 0 Å². The summed E-state index contributed by atoms with van der Waals surface area (Å²) in [4.78, 5) is 0.229. The van der Waals surface area contributed by atoms with Crippen LogP contribution in [0.3, 0.4) is 0 Å². The van der Waals surface area contributed by atoms with Crippen LogP contribution in [-0.4, -0.2) is 14.5 Å². The third-order valence-corrected chi connectivity index (χ3v) is 4.47. The highest BCUT2D eigenvalue weighted by molar-refractivity contribution is 7.86. The molecule has 19 heavy (non-hydrogen) atoms. The van der Waals surface area contributed by atoms with Crippen molar-refractivity contribution < 1.29 is 12.6 Å². The van der Waals surface area contributed by atoms with Crippen molar-refractivity contribution in [3.05, 3.63) is 30.3 Å². The predicted molar refractivity (Wildman–Crippen MR) is 77.6 cm³/mol. The second kappa shape index (κ2) is 8.33. The molecule has 0 amide bonds. The molecule has 0 N–H and O–H groups in total. The molecule has 0 saturated carbocycles. The second-order valence-corrected chi connectivity index (χ2v) is 6.45. The Labute approximate surface area is 117 Å². The Morgan fingerprint density at radius 1 is 1.05 bits per heavy atom. The molecule has 108 valence electrons. The average molecular weight is 284 g/mol. The molecule has 0 heterocycles. The van der Waals surface area contributed by atoms with Crippen LogP contribution in [-0.2, 0) is 14.3 Å². The van der Waals surface area contributed by atoms with Crippen LogP contribution in [0.2, 0.25) is 0 Å². The van der Waals surface area contributed by atoms with E-state index >= 15 is 0 Å². The Bertz CT molecular complexity index is 440. The average Bonchev–Trinajstić information content (AvgIpc) is 2.39. The van der Waals surface area contributed by atoms with Crippen molar-refractivity contribution in [3.8, 4) is 0 Å². The largest absolute Gasteiger partial charge is 0.297 e. The van der Waals surface area contributed by atoms with Crippen molar-refractivity contribution in [2.24, 2.45) is 0 Å². The molecule has 1 aromatic carbocycles. The van der Waals surface area contributed by atoms with E-state index in [9.17, 15) is 8.42 Å². The van der Waals surface area contributed by atoms with Crippen LogP contribution >= 0.6 is 0 Å². The van der Waals surface area contributed by atoms with Gasteiger partial charge in [0.15, 0.2) is 0 Å². The minimum atomic E-state index is -3.61. The maximum Gasteiger partial charge on any atom is 0.297 e. The van der Waals surface area contributed by atoms with Crippen molar-refractivity contribution in [2.45, 2.75) is 63.4 Å². The van der Waals surface area contributed by atoms with E-state index < -0.39 is 10.1 Å². The van der Waals surface area contributed by atoms with Gasteiger partial charge in [-0.15, -0.1) is 0 Å². The Kier molecular flexibility index (Phi) is 7.10. The summed E-state index contributed by atoms with van der Waals surface area (Å²) in [5, 5.41) is 0. The predicted octanol–water partition coefficient (Wildman–Crippen LogP) is 4.14. The van der Waals surface area contributed by atoms with Gasteiger partial charge in [-0.25, -0.2) is 0 Å². The summed E-state index contributed by atoms with van der Waals surface area (Å²) in [5.74, 6) is 0. The highest BCUT2D eigenvalue weighted by Gasteiger charge is 2.18. The topological polar surface area (TPSA) is 43.4 Å². The minimum absolute atomic E-state index is 0.229. The van der Waals surface area contributed by atoms with Crippen molar-refractivity contribution in [1.82, 2.24) is 0 Å². The fourth-order valence-electron chi connectivity index (χ4n) is 1.94. The van der Waals surface area contributed by atoms with Gasteiger partial charge in [0.1, 0.15) is 0 Å². The van der Waals surface area contributed by atoms with Gasteiger partial charge >= 0.3 is 0 Å². The summed E-state index contributed by atoms with van der Waals surface area (Å²) in [6.45, 7) is 4.00. The van der Waals surface area contributed by atoms with E-state index in [0.717, 1.165) is 19.3 Å². The fraction of sp³-hybridized carbons (Fsp3) is 0.600. The van der Waals surface area contributed by atoms with Gasteiger partial charge in [0.05, 0.1) is 11.0 Å². The number of unbranched alkanes of at least 4 members (excludes halogenated alkanes) is 4. The summed E-state index contributed by atoms with van der Waals surface area (Å²) in [7, 11) is -3.61. The van der Waals surface area contributed by atoms with Gasteiger partial charge in [-0.2, -0.15) is 8.42 Å². The van der Waals surface area contributed by atoms with Gasteiger partial charge < -0.3 is 0 Å². The Hall–Kier alpha value is -0.870. The molecular formula is C15H24O3S. The standard InChI is InChI=1S/C15H24O3S/c1-3-4-5-6-8-11-14(2)18-19(16,17)15-12-9-7-10-13-15/h7,9-10,12-14H,3-6,8,11H2,1-2H3. The zero-order chi connectivity index (χ0) is 14.1. The van der Waals surface area contributed by atoms with Crippen LogP contribution in [0.25, 0.3) is 0 Å². The molecular weight excluding hydrogens is 260 g/mol. The fourth-order valence-corrected chi connectivity index (χ4v) is 3.07. The van der Waals surface area contributed by atoms with E-state index in [1.54, 1.807) is 30.3 Å². The van der Waals surface area contributed by atoms with Gasteiger partial charge in [-0.05, 0) is 25.5 Å². The summed E-state index contributed by atoms with van der Waals surface area (Å²) in [6, 6.07) is 8.31. The lowest BCUT2D eigenvalue weighted by molar-refractivity contribution is 0.213. The summed E-state index contributed by atoms with van der Waals surface area (Å²) < 4.78 is 29.1. The molecule has 0 radical (unpaired) electrons. The Balaban J connectivity index is 2.37.